The molecule has 43 heavy (non-hydrogen) atoms. The molecule has 0 aliphatic carbocycles. The molecule has 2 aliphatic heterocycles. The number of unbranched alkanes of at least 4 members (excludes halogenated alkanes) is 1. The Hall–Kier alpha value is -3.86. The van der Waals surface area contributed by atoms with Gasteiger partial charge in [0.25, 0.3) is 0 Å². The monoisotopic (exact) mass is 576 g/mol. The largest absolute Gasteiger partial charge is 0.369 e. The molecule has 2 aromatic heterocycles. The first-order valence-corrected chi connectivity index (χ1v) is 16.1. The SMILES string of the molecule is N#Cc1ccc2[nH]cc(CCCCN3CCN(c4ccc(C(=O)CCC5CCN(Cc6cc[nH]c6)CC5)cc4)CC3)c2c1. The van der Waals surface area contributed by atoms with Gasteiger partial charge in [-0.3, -0.25) is 14.6 Å². The number of anilines is 1. The van der Waals surface area contributed by atoms with E-state index in [1.807, 2.05) is 36.5 Å². The fourth-order valence-corrected chi connectivity index (χ4v) is 6.82. The number of Topliss-reactive ketones (excluding diaryl/α,β-unsaturated/α-hetero) is 1. The third kappa shape index (κ3) is 7.57. The number of likely N-dealkylation sites (tertiary alicyclic amines) is 1. The van der Waals surface area contributed by atoms with E-state index in [2.05, 4.69) is 61.3 Å². The summed E-state index contributed by atoms with van der Waals surface area (Å²) in [5, 5.41) is 10.4. The van der Waals surface area contributed by atoms with Crippen molar-refractivity contribution >= 4 is 22.4 Å². The number of hydrogen-bond acceptors (Lipinski definition) is 5. The predicted molar refractivity (Wildman–Crippen MR) is 173 cm³/mol. The lowest BCUT2D eigenvalue weighted by molar-refractivity contribution is 0.0961. The first kappa shape index (κ1) is 29.2. The fraction of sp³-hybridized carbons (Fsp3) is 0.444. The molecule has 4 heterocycles. The van der Waals surface area contributed by atoms with Crippen LogP contribution in [0.5, 0.6) is 0 Å². The summed E-state index contributed by atoms with van der Waals surface area (Å²) < 4.78 is 0. The summed E-state index contributed by atoms with van der Waals surface area (Å²) in [5.41, 5.74) is 6.57. The lowest BCUT2D eigenvalue weighted by Gasteiger charge is -2.36. The second kappa shape index (κ2) is 14.1. The van der Waals surface area contributed by atoms with Crippen molar-refractivity contribution < 1.29 is 4.79 Å². The zero-order chi connectivity index (χ0) is 29.4. The number of ketones is 1. The summed E-state index contributed by atoms with van der Waals surface area (Å²) in [6.45, 7) is 8.59. The van der Waals surface area contributed by atoms with Crippen molar-refractivity contribution in [2.24, 2.45) is 5.92 Å². The maximum absolute atomic E-state index is 12.9. The molecule has 0 spiro atoms. The highest BCUT2D eigenvalue weighted by Gasteiger charge is 2.21. The molecule has 0 atom stereocenters. The number of fused-ring (bicyclic) bond motifs is 1. The molecule has 0 unspecified atom stereocenters. The molecule has 2 aliphatic rings. The van der Waals surface area contributed by atoms with Crippen molar-refractivity contribution in [1.29, 1.82) is 5.26 Å². The Morgan fingerprint density at radius 1 is 0.907 bits per heavy atom. The van der Waals surface area contributed by atoms with Gasteiger partial charge in [0.1, 0.15) is 0 Å². The standard InChI is InChI=1S/C36H44N6O/c37-24-29-4-10-35-34(23-29)32(26-39-35)3-1-2-16-40-19-21-42(22-20-40)33-8-6-31(7-9-33)36(43)11-5-28-13-17-41(18-14-28)27-30-12-15-38-25-30/h4,6-10,12,15,23,25-26,28,38-39H,1-3,5,11,13-14,16-22,27H2. The van der Waals surface area contributed by atoms with Crippen molar-refractivity contribution in [3.05, 3.63) is 89.4 Å². The Balaban J connectivity index is 0.876. The van der Waals surface area contributed by atoms with Gasteiger partial charge in [0, 0.05) is 79.9 Å². The average Bonchev–Trinajstić information content (AvgIpc) is 3.72. The van der Waals surface area contributed by atoms with Gasteiger partial charge in [0.2, 0.25) is 0 Å². The van der Waals surface area contributed by atoms with Gasteiger partial charge < -0.3 is 14.9 Å². The number of nitrogens with zero attached hydrogens (tertiary/aromatic N) is 4. The van der Waals surface area contributed by atoms with Crippen LogP contribution in [0.4, 0.5) is 5.69 Å². The number of nitriles is 1. The molecule has 224 valence electrons. The number of carbonyl (C=O) groups is 1. The van der Waals surface area contributed by atoms with Crippen molar-refractivity contribution in [2.45, 2.75) is 51.5 Å². The Morgan fingerprint density at radius 3 is 2.47 bits per heavy atom. The van der Waals surface area contributed by atoms with Crippen LogP contribution in [0.15, 0.2) is 67.1 Å². The molecule has 7 heteroatoms. The number of carbonyl (C=O) groups excluding carboxylic acids is 1. The van der Waals surface area contributed by atoms with Crippen LogP contribution < -0.4 is 4.90 Å². The number of aromatic nitrogens is 2. The highest BCUT2D eigenvalue weighted by Crippen LogP contribution is 2.25. The zero-order valence-electron chi connectivity index (χ0n) is 25.2. The molecule has 2 N–H and O–H groups in total. The number of nitrogens with one attached hydrogen (secondary N) is 2. The van der Waals surface area contributed by atoms with E-state index in [4.69, 9.17) is 0 Å². The summed E-state index contributed by atoms with van der Waals surface area (Å²) in [4.78, 5) is 27.0. The first-order chi connectivity index (χ1) is 21.1. The van der Waals surface area contributed by atoms with Crippen molar-refractivity contribution in [3.63, 3.8) is 0 Å². The quantitative estimate of drug-likeness (QED) is 0.151. The molecule has 2 aromatic carbocycles. The molecule has 0 amide bonds. The van der Waals surface area contributed by atoms with Gasteiger partial charge in [-0.25, -0.2) is 0 Å². The van der Waals surface area contributed by atoms with Crippen LogP contribution in [0.1, 0.15) is 65.6 Å². The van der Waals surface area contributed by atoms with Crippen molar-refractivity contribution in [1.82, 2.24) is 19.8 Å². The van der Waals surface area contributed by atoms with E-state index in [0.717, 1.165) is 88.3 Å². The van der Waals surface area contributed by atoms with Crippen LogP contribution >= 0.6 is 0 Å². The Bertz CT molecular complexity index is 1500. The molecule has 0 radical (unpaired) electrons. The van der Waals surface area contributed by atoms with Gasteiger partial charge in [-0.2, -0.15) is 5.26 Å². The average molecular weight is 577 g/mol. The summed E-state index contributed by atoms with van der Waals surface area (Å²) in [6, 6.07) is 18.6. The number of hydrogen-bond donors (Lipinski definition) is 2. The molecule has 0 saturated carbocycles. The second-order valence-electron chi connectivity index (χ2n) is 12.4. The molecule has 7 nitrogen and oxygen atoms in total. The van der Waals surface area contributed by atoms with E-state index >= 15 is 0 Å². The minimum absolute atomic E-state index is 0.282. The molecular weight excluding hydrogens is 532 g/mol. The molecule has 0 bridgehead atoms. The van der Waals surface area contributed by atoms with Crippen molar-refractivity contribution in [2.75, 3.05) is 50.7 Å². The maximum atomic E-state index is 12.9. The molecule has 2 fully saturated rings. The summed E-state index contributed by atoms with van der Waals surface area (Å²) in [5.74, 6) is 0.942. The van der Waals surface area contributed by atoms with E-state index in [-0.39, 0.29) is 5.78 Å². The summed E-state index contributed by atoms with van der Waals surface area (Å²) in [6.07, 6.45) is 13.6. The van der Waals surface area contributed by atoms with Crippen LogP contribution in [0.2, 0.25) is 0 Å². The third-order valence-corrected chi connectivity index (χ3v) is 9.55. The summed E-state index contributed by atoms with van der Waals surface area (Å²) >= 11 is 0. The lowest BCUT2D eigenvalue weighted by Crippen LogP contribution is -2.46. The Labute approximate surface area is 255 Å². The molecule has 4 aromatic rings. The number of piperazine rings is 1. The Morgan fingerprint density at radius 2 is 1.72 bits per heavy atom. The number of H-pyrrole nitrogens is 2. The number of piperidine rings is 1. The maximum Gasteiger partial charge on any atom is 0.162 e. The van der Waals surface area contributed by atoms with Crippen LogP contribution in [-0.4, -0.2) is 71.4 Å². The van der Waals surface area contributed by atoms with E-state index in [1.165, 1.54) is 41.5 Å². The van der Waals surface area contributed by atoms with Gasteiger partial charge in [-0.1, -0.05) is 0 Å². The van der Waals surface area contributed by atoms with Crippen LogP contribution in [0, 0.1) is 17.2 Å². The first-order valence-electron chi connectivity index (χ1n) is 16.1. The lowest BCUT2D eigenvalue weighted by atomic mass is 9.90. The van der Waals surface area contributed by atoms with Gasteiger partial charge in [-0.05, 0) is 124 Å². The van der Waals surface area contributed by atoms with E-state index < -0.39 is 0 Å². The van der Waals surface area contributed by atoms with E-state index in [1.54, 1.807) is 0 Å². The highest BCUT2D eigenvalue weighted by molar-refractivity contribution is 5.96. The smallest absolute Gasteiger partial charge is 0.162 e. The minimum Gasteiger partial charge on any atom is -0.369 e. The normalized spacial score (nSPS) is 17.0. The molecular formula is C36H44N6O. The third-order valence-electron chi connectivity index (χ3n) is 9.55. The predicted octanol–water partition coefficient (Wildman–Crippen LogP) is 6.39. The van der Waals surface area contributed by atoms with Gasteiger partial charge in [0.05, 0.1) is 11.6 Å². The highest BCUT2D eigenvalue weighted by atomic mass is 16.1. The Kier molecular flexibility index (Phi) is 9.56. The van der Waals surface area contributed by atoms with Crippen LogP contribution in [0.25, 0.3) is 10.9 Å². The zero-order valence-corrected chi connectivity index (χ0v) is 25.2. The van der Waals surface area contributed by atoms with E-state index in [0.29, 0.717) is 12.3 Å². The van der Waals surface area contributed by atoms with E-state index in [9.17, 15) is 10.1 Å². The number of aryl methyl sites for hydroxylation is 1. The fourth-order valence-electron chi connectivity index (χ4n) is 6.82. The number of aromatic amines is 2. The van der Waals surface area contributed by atoms with Crippen molar-refractivity contribution in [3.8, 4) is 6.07 Å². The molecule has 6 rings (SSSR count). The van der Waals surface area contributed by atoms with Gasteiger partial charge in [-0.15, -0.1) is 0 Å². The van der Waals surface area contributed by atoms with Crippen LogP contribution in [0.3, 0.4) is 0 Å². The summed E-state index contributed by atoms with van der Waals surface area (Å²) in [7, 11) is 0. The number of rotatable bonds is 12. The molecule has 2 saturated heterocycles. The van der Waals surface area contributed by atoms with Gasteiger partial charge >= 0.3 is 0 Å². The van der Waals surface area contributed by atoms with Crippen LogP contribution in [-0.2, 0) is 13.0 Å². The number of benzene rings is 2. The van der Waals surface area contributed by atoms with Gasteiger partial charge in [0.15, 0.2) is 5.78 Å². The topological polar surface area (TPSA) is 82.2 Å². The minimum atomic E-state index is 0.282. The second-order valence-corrected chi connectivity index (χ2v) is 12.4.